The quantitative estimate of drug-likeness (QED) is 0.645. The molecule has 4 nitrogen and oxygen atoms in total. The topological polar surface area (TPSA) is 55.8 Å². The summed E-state index contributed by atoms with van der Waals surface area (Å²) in [5, 5.41) is 10.1. The average Bonchev–Trinajstić information content (AvgIpc) is 2.73. The molecule has 3 rings (SSSR count). The summed E-state index contributed by atoms with van der Waals surface area (Å²) in [6, 6.07) is 0. The van der Waals surface area contributed by atoms with Crippen LogP contribution >= 0.6 is 0 Å². The Labute approximate surface area is 87.2 Å². The molecular formula is C11H12O4. The molecule has 4 heteroatoms. The van der Waals surface area contributed by atoms with Gasteiger partial charge in [0.25, 0.3) is 0 Å². The number of aliphatic hydroxyl groups is 1. The monoisotopic (exact) mass is 208 g/mol. The summed E-state index contributed by atoms with van der Waals surface area (Å²) >= 11 is 0. The molecule has 0 aromatic carbocycles. The molecule has 3 aliphatic rings. The van der Waals surface area contributed by atoms with Gasteiger partial charge < -0.3 is 14.6 Å². The second kappa shape index (κ2) is 2.71. The maximum atomic E-state index is 11.4. The molecule has 0 bridgehead atoms. The van der Waals surface area contributed by atoms with Crippen molar-refractivity contribution in [2.24, 2.45) is 11.8 Å². The summed E-state index contributed by atoms with van der Waals surface area (Å²) in [5.41, 5.74) is 1.70. The highest BCUT2D eigenvalue weighted by molar-refractivity contribution is 5.94. The fourth-order valence-corrected chi connectivity index (χ4v) is 2.71. The molecule has 0 aromatic rings. The lowest BCUT2D eigenvalue weighted by atomic mass is 9.82. The number of carbonyl (C=O) groups excluding carboxylic acids is 1. The van der Waals surface area contributed by atoms with E-state index in [0.29, 0.717) is 12.2 Å². The molecule has 2 aliphatic heterocycles. The van der Waals surface area contributed by atoms with Gasteiger partial charge in [-0.3, -0.25) is 4.79 Å². The fraction of sp³-hybridized carbons (Fsp3) is 0.545. The van der Waals surface area contributed by atoms with Crippen molar-refractivity contribution < 1.29 is 19.4 Å². The molecule has 3 atom stereocenters. The zero-order chi connectivity index (χ0) is 10.6. The molecule has 80 valence electrons. The van der Waals surface area contributed by atoms with E-state index < -0.39 is 5.97 Å². The third-order valence-corrected chi connectivity index (χ3v) is 3.44. The van der Waals surface area contributed by atoms with Gasteiger partial charge in [0, 0.05) is 11.5 Å². The van der Waals surface area contributed by atoms with Crippen molar-refractivity contribution in [3.05, 3.63) is 23.5 Å². The van der Waals surface area contributed by atoms with Crippen molar-refractivity contribution >= 4 is 5.78 Å². The molecule has 1 aliphatic carbocycles. The minimum Gasteiger partial charge on any atom is -0.446 e. The maximum Gasteiger partial charge on any atom is 0.331 e. The van der Waals surface area contributed by atoms with Gasteiger partial charge in [0.1, 0.15) is 0 Å². The third-order valence-electron chi connectivity index (χ3n) is 3.44. The van der Waals surface area contributed by atoms with Crippen molar-refractivity contribution in [2.45, 2.75) is 19.3 Å². The number of hydrogen-bond donors (Lipinski definition) is 1. The van der Waals surface area contributed by atoms with Crippen LogP contribution in [0.3, 0.4) is 0 Å². The number of rotatable bonds is 1. The molecule has 0 amide bonds. The summed E-state index contributed by atoms with van der Waals surface area (Å²) in [7, 11) is 0. The summed E-state index contributed by atoms with van der Waals surface area (Å²) in [6.45, 7) is 1.92. The number of Topliss-reactive ketones (excluding diaryl/α,β-unsaturated/α-hetero) is 1. The molecule has 0 saturated carbocycles. The lowest BCUT2D eigenvalue weighted by Gasteiger charge is -2.35. The van der Waals surface area contributed by atoms with Crippen molar-refractivity contribution in [1.82, 2.24) is 0 Å². The smallest absolute Gasteiger partial charge is 0.331 e. The number of carbonyl (C=O) groups is 1. The van der Waals surface area contributed by atoms with E-state index >= 15 is 0 Å². The van der Waals surface area contributed by atoms with Gasteiger partial charge in [-0.15, -0.1) is 0 Å². The van der Waals surface area contributed by atoms with Gasteiger partial charge in [-0.1, -0.05) is 6.08 Å². The van der Waals surface area contributed by atoms with Crippen LogP contribution in [0.1, 0.15) is 13.3 Å². The second-order valence-electron chi connectivity index (χ2n) is 4.27. The highest BCUT2D eigenvalue weighted by Gasteiger charge is 2.57. The standard InChI is InChI=1S/C11H12O4/c1-6(12)9-5-15-11(13)10-7(4-14-11)2-3-8(9)10/h2,5,8,10,13H,3-4H2,1H3/t8-,10-,11-/m1/s1. The molecule has 1 fully saturated rings. The molecule has 1 N–H and O–H groups in total. The number of ketones is 1. The number of ether oxygens (including phenoxy) is 2. The predicted octanol–water partition coefficient (Wildman–Crippen LogP) is 0.728. The van der Waals surface area contributed by atoms with Gasteiger partial charge in [-0.05, 0) is 18.9 Å². The molecule has 0 unspecified atom stereocenters. The first-order valence-corrected chi connectivity index (χ1v) is 5.06. The van der Waals surface area contributed by atoms with Crippen LogP contribution in [0.4, 0.5) is 0 Å². The Balaban J connectivity index is 2.05. The van der Waals surface area contributed by atoms with Crippen LogP contribution in [0.5, 0.6) is 0 Å². The Hall–Kier alpha value is -1.13. The second-order valence-corrected chi connectivity index (χ2v) is 4.27. The van der Waals surface area contributed by atoms with Crippen molar-refractivity contribution in [3.8, 4) is 0 Å². The number of hydrogen-bond acceptors (Lipinski definition) is 4. The van der Waals surface area contributed by atoms with E-state index in [1.165, 1.54) is 13.2 Å². The van der Waals surface area contributed by atoms with Crippen molar-refractivity contribution in [3.63, 3.8) is 0 Å². The largest absolute Gasteiger partial charge is 0.446 e. The van der Waals surface area contributed by atoms with E-state index in [9.17, 15) is 9.90 Å². The van der Waals surface area contributed by atoms with Crippen LogP contribution in [0, 0.1) is 11.8 Å². The zero-order valence-corrected chi connectivity index (χ0v) is 8.40. The molecular weight excluding hydrogens is 196 g/mol. The zero-order valence-electron chi connectivity index (χ0n) is 8.40. The Kier molecular flexibility index (Phi) is 1.65. The van der Waals surface area contributed by atoms with Gasteiger partial charge in [-0.25, -0.2) is 0 Å². The van der Waals surface area contributed by atoms with Crippen LogP contribution in [-0.2, 0) is 14.3 Å². The summed E-state index contributed by atoms with van der Waals surface area (Å²) in [5.74, 6) is -1.70. The SMILES string of the molecule is CC(=O)C1=CO[C@]2(O)OCC3=CC[C@H]1[C@@H]32. The average molecular weight is 208 g/mol. The minimum absolute atomic E-state index is 0.00333. The van der Waals surface area contributed by atoms with E-state index in [1.54, 1.807) is 0 Å². The summed E-state index contributed by atoms with van der Waals surface area (Å²) < 4.78 is 10.4. The van der Waals surface area contributed by atoms with Crippen LogP contribution in [0.25, 0.3) is 0 Å². The first kappa shape index (κ1) is 9.12. The molecule has 0 spiro atoms. The number of allylic oxidation sites excluding steroid dienone is 2. The Morgan fingerprint density at radius 1 is 1.67 bits per heavy atom. The molecule has 1 saturated heterocycles. The first-order valence-electron chi connectivity index (χ1n) is 5.06. The fourth-order valence-electron chi connectivity index (χ4n) is 2.71. The summed E-state index contributed by atoms with van der Waals surface area (Å²) in [4.78, 5) is 11.4. The van der Waals surface area contributed by atoms with E-state index in [-0.39, 0.29) is 17.6 Å². The Morgan fingerprint density at radius 3 is 3.20 bits per heavy atom. The molecule has 2 heterocycles. The van der Waals surface area contributed by atoms with E-state index in [0.717, 1.165) is 12.0 Å². The van der Waals surface area contributed by atoms with Gasteiger partial charge in [-0.2, -0.15) is 0 Å². The van der Waals surface area contributed by atoms with E-state index in [2.05, 4.69) is 0 Å². The van der Waals surface area contributed by atoms with E-state index in [4.69, 9.17) is 9.47 Å². The highest BCUT2D eigenvalue weighted by atomic mass is 16.8. The maximum absolute atomic E-state index is 11.4. The van der Waals surface area contributed by atoms with Crippen LogP contribution < -0.4 is 0 Å². The molecule has 0 radical (unpaired) electrons. The van der Waals surface area contributed by atoms with Crippen LogP contribution in [0.15, 0.2) is 23.5 Å². The lowest BCUT2D eigenvalue weighted by Crippen LogP contribution is -2.44. The molecule has 15 heavy (non-hydrogen) atoms. The summed E-state index contributed by atoms with van der Waals surface area (Å²) in [6.07, 6.45) is 4.19. The minimum atomic E-state index is -1.54. The highest BCUT2D eigenvalue weighted by Crippen LogP contribution is 2.51. The Morgan fingerprint density at radius 2 is 2.47 bits per heavy atom. The normalized spacial score (nSPS) is 41.7. The van der Waals surface area contributed by atoms with Crippen LogP contribution in [-0.4, -0.2) is 23.5 Å². The Bertz CT molecular complexity index is 395. The molecule has 0 aromatic heterocycles. The van der Waals surface area contributed by atoms with Crippen molar-refractivity contribution in [2.75, 3.05) is 6.61 Å². The third kappa shape index (κ3) is 1.06. The van der Waals surface area contributed by atoms with Crippen LogP contribution in [0.2, 0.25) is 0 Å². The van der Waals surface area contributed by atoms with Gasteiger partial charge in [0.05, 0.1) is 18.8 Å². The van der Waals surface area contributed by atoms with Gasteiger partial charge >= 0.3 is 5.97 Å². The van der Waals surface area contributed by atoms with Gasteiger partial charge in [0.15, 0.2) is 5.78 Å². The first-order chi connectivity index (χ1) is 7.12. The predicted molar refractivity (Wildman–Crippen MR) is 50.4 cm³/mol. The lowest BCUT2D eigenvalue weighted by molar-refractivity contribution is -0.345. The van der Waals surface area contributed by atoms with Crippen molar-refractivity contribution in [1.29, 1.82) is 0 Å². The van der Waals surface area contributed by atoms with Gasteiger partial charge in [0.2, 0.25) is 0 Å². The van der Waals surface area contributed by atoms with E-state index in [1.807, 2.05) is 6.08 Å².